The monoisotopic (exact) mass is 435 g/mol. The van der Waals surface area contributed by atoms with Gasteiger partial charge in [-0.15, -0.1) is 11.3 Å². The molecule has 1 saturated heterocycles. The van der Waals surface area contributed by atoms with Gasteiger partial charge in [-0.1, -0.05) is 12.1 Å². The largest absolute Gasteiger partial charge is 0.336 e. The van der Waals surface area contributed by atoms with Gasteiger partial charge in [0.1, 0.15) is 0 Å². The van der Waals surface area contributed by atoms with E-state index in [0.29, 0.717) is 18.7 Å². The number of amides is 1. The summed E-state index contributed by atoms with van der Waals surface area (Å²) in [4.78, 5) is 18.7. The van der Waals surface area contributed by atoms with Gasteiger partial charge in [-0.25, -0.2) is 13.1 Å². The van der Waals surface area contributed by atoms with Crippen molar-refractivity contribution in [2.45, 2.75) is 44.7 Å². The topological polar surface area (TPSA) is 69.7 Å². The molecule has 0 radical (unpaired) electrons. The van der Waals surface area contributed by atoms with Crippen molar-refractivity contribution in [3.05, 3.63) is 51.7 Å². The van der Waals surface area contributed by atoms with Crippen LogP contribution in [0.5, 0.6) is 0 Å². The SMILES string of the molecule is Cc1ccc(S(=O)(=O)NC(C)(C)C)cc1C(=O)N1CCN(Cc2cccs2)CC1. The van der Waals surface area contributed by atoms with Gasteiger partial charge in [-0.2, -0.15) is 0 Å². The Hall–Kier alpha value is -1.74. The number of hydrogen-bond acceptors (Lipinski definition) is 5. The highest BCUT2D eigenvalue weighted by Crippen LogP contribution is 2.20. The van der Waals surface area contributed by atoms with Gasteiger partial charge in [0.05, 0.1) is 4.90 Å². The lowest BCUT2D eigenvalue weighted by atomic mass is 10.1. The first kappa shape index (κ1) is 22.0. The van der Waals surface area contributed by atoms with Crippen molar-refractivity contribution in [1.82, 2.24) is 14.5 Å². The molecule has 1 aromatic carbocycles. The second kappa shape index (κ2) is 8.55. The third-order valence-electron chi connectivity index (χ3n) is 4.81. The van der Waals surface area contributed by atoms with Crippen LogP contribution < -0.4 is 4.72 Å². The molecule has 1 N–H and O–H groups in total. The molecule has 1 aliphatic heterocycles. The van der Waals surface area contributed by atoms with Crippen LogP contribution in [0.15, 0.2) is 40.6 Å². The van der Waals surface area contributed by atoms with Gasteiger partial charge < -0.3 is 4.90 Å². The van der Waals surface area contributed by atoms with Crippen LogP contribution in [0.2, 0.25) is 0 Å². The zero-order chi connectivity index (χ0) is 21.2. The van der Waals surface area contributed by atoms with Gasteiger partial charge in [0.2, 0.25) is 10.0 Å². The molecule has 0 spiro atoms. The first-order chi connectivity index (χ1) is 13.5. The highest BCUT2D eigenvalue weighted by molar-refractivity contribution is 7.89. The van der Waals surface area contributed by atoms with E-state index >= 15 is 0 Å². The van der Waals surface area contributed by atoms with Crippen LogP contribution in [0.1, 0.15) is 41.6 Å². The third-order valence-corrected chi connectivity index (χ3v) is 7.43. The summed E-state index contributed by atoms with van der Waals surface area (Å²) in [7, 11) is -3.69. The zero-order valence-corrected chi connectivity index (χ0v) is 19.1. The maximum absolute atomic E-state index is 13.1. The molecule has 158 valence electrons. The molecule has 0 bridgehead atoms. The lowest BCUT2D eigenvalue weighted by molar-refractivity contribution is 0.0628. The molecular weight excluding hydrogens is 406 g/mol. The quantitative estimate of drug-likeness (QED) is 0.784. The molecule has 1 amide bonds. The summed E-state index contributed by atoms with van der Waals surface area (Å²) in [5, 5.41) is 2.08. The first-order valence-electron chi connectivity index (χ1n) is 9.74. The van der Waals surface area contributed by atoms with E-state index in [0.717, 1.165) is 25.2 Å². The van der Waals surface area contributed by atoms with Crippen LogP contribution in [0.4, 0.5) is 0 Å². The maximum atomic E-state index is 13.1. The Kier molecular flexibility index (Phi) is 6.48. The van der Waals surface area contributed by atoms with Crippen molar-refractivity contribution < 1.29 is 13.2 Å². The van der Waals surface area contributed by atoms with E-state index in [-0.39, 0.29) is 10.8 Å². The van der Waals surface area contributed by atoms with Crippen LogP contribution in [0, 0.1) is 6.92 Å². The van der Waals surface area contributed by atoms with Crippen LogP contribution in [-0.4, -0.2) is 55.8 Å². The number of hydrogen-bond donors (Lipinski definition) is 1. The fraction of sp³-hybridized carbons (Fsp3) is 0.476. The predicted molar refractivity (Wildman–Crippen MR) is 117 cm³/mol. The summed E-state index contributed by atoms with van der Waals surface area (Å²) in [5.74, 6) is -0.105. The summed E-state index contributed by atoms with van der Waals surface area (Å²) in [6, 6.07) is 8.95. The van der Waals surface area contributed by atoms with Crippen molar-refractivity contribution in [3.63, 3.8) is 0 Å². The normalized spacial score (nSPS) is 16.2. The number of carbonyl (C=O) groups is 1. The lowest BCUT2D eigenvalue weighted by Crippen LogP contribution is -2.48. The molecular formula is C21H29N3O3S2. The standard InChI is InChI=1S/C21H29N3O3S2/c1-16-7-8-18(29(26,27)22-21(2,3)4)14-19(16)20(25)24-11-9-23(10-12-24)15-17-6-5-13-28-17/h5-8,13-14,22H,9-12,15H2,1-4H3. The summed E-state index contributed by atoms with van der Waals surface area (Å²) in [5.41, 5.74) is 0.645. The average molecular weight is 436 g/mol. The van der Waals surface area contributed by atoms with E-state index < -0.39 is 15.6 Å². The van der Waals surface area contributed by atoms with Crippen molar-refractivity contribution in [2.24, 2.45) is 0 Å². The van der Waals surface area contributed by atoms with E-state index in [4.69, 9.17) is 0 Å². The number of piperazine rings is 1. The second-order valence-corrected chi connectivity index (χ2v) is 11.2. The van der Waals surface area contributed by atoms with E-state index in [1.807, 2.05) is 11.8 Å². The van der Waals surface area contributed by atoms with Gasteiger partial charge in [-0.3, -0.25) is 9.69 Å². The Morgan fingerprint density at radius 1 is 1.14 bits per heavy atom. The minimum absolute atomic E-state index is 0.105. The molecule has 0 atom stereocenters. The fourth-order valence-corrected chi connectivity index (χ4v) is 5.55. The van der Waals surface area contributed by atoms with Crippen LogP contribution >= 0.6 is 11.3 Å². The average Bonchev–Trinajstić information content (AvgIpc) is 3.13. The predicted octanol–water partition coefficient (Wildman–Crippen LogP) is 3.09. The van der Waals surface area contributed by atoms with Gasteiger partial charge in [0.25, 0.3) is 5.91 Å². The number of nitrogens with zero attached hydrogens (tertiary/aromatic N) is 2. The fourth-order valence-electron chi connectivity index (χ4n) is 3.36. The van der Waals surface area contributed by atoms with Crippen LogP contribution in [0.3, 0.4) is 0 Å². The molecule has 0 saturated carbocycles. The summed E-state index contributed by atoms with van der Waals surface area (Å²) >= 11 is 1.75. The van der Waals surface area contributed by atoms with Crippen molar-refractivity contribution in [1.29, 1.82) is 0 Å². The van der Waals surface area contributed by atoms with Crippen LogP contribution in [0.25, 0.3) is 0 Å². The van der Waals surface area contributed by atoms with E-state index in [2.05, 4.69) is 27.1 Å². The Morgan fingerprint density at radius 2 is 1.83 bits per heavy atom. The lowest BCUT2D eigenvalue weighted by Gasteiger charge is -2.34. The Morgan fingerprint density at radius 3 is 2.41 bits per heavy atom. The number of aryl methyl sites for hydroxylation is 1. The zero-order valence-electron chi connectivity index (χ0n) is 17.4. The number of benzene rings is 1. The molecule has 1 aromatic heterocycles. The number of thiophene rings is 1. The van der Waals surface area contributed by atoms with Crippen molar-refractivity contribution >= 4 is 27.3 Å². The number of carbonyl (C=O) groups excluding carboxylic acids is 1. The minimum atomic E-state index is -3.69. The Balaban J connectivity index is 1.71. The molecule has 1 fully saturated rings. The van der Waals surface area contributed by atoms with E-state index in [1.165, 1.54) is 10.9 Å². The van der Waals surface area contributed by atoms with Gasteiger partial charge in [0, 0.05) is 48.7 Å². The highest BCUT2D eigenvalue weighted by atomic mass is 32.2. The second-order valence-electron chi connectivity index (χ2n) is 8.48. The smallest absolute Gasteiger partial charge is 0.254 e. The van der Waals surface area contributed by atoms with E-state index in [9.17, 15) is 13.2 Å². The first-order valence-corrected chi connectivity index (χ1v) is 12.1. The van der Waals surface area contributed by atoms with Crippen molar-refractivity contribution in [2.75, 3.05) is 26.2 Å². The number of rotatable bonds is 5. The number of sulfonamides is 1. The van der Waals surface area contributed by atoms with Gasteiger partial charge in [0.15, 0.2) is 0 Å². The van der Waals surface area contributed by atoms with Gasteiger partial charge >= 0.3 is 0 Å². The van der Waals surface area contributed by atoms with Gasteiger partial charge in [-0.05, 0) is 56.8 Å². The third kappa shape index (κ3) is 5.66. The van der Waals surface area contributed by atoms with Crippen molar-refractivity contribution in [3.8, 4) is 0 Å². The molecule has 8 heteroatoms. The highest BCUT2D eigenvalue weighted by Gasteiger charge is 2.26. The Labute approximate surface area is 177 Å². The Bertz CT molecular complexity index is 956. The minimum Gasteiger partial charge on any atom is -0.336 e. The summed E-state index contributed by atoms with van der Waals surface area (Å²) in [6.07, 6.45) is 0. The molecule has 3 rings (SSSR count). The maximum Gasteiger partial charge on any atom is 0.254 e. The molecule has 2 aromatic rings. The molecule has 29 heavy (non-hydrogen) atoms. The van der Waals surface area contributed by atoms with E-state index in [1.54, 1.807) is 44.2 Å². The summed E-state index contributed by atoms with van der Waals surface area (Å²) in [6.45, 7) is 11.0. The summed E-state index contributed by atoms with van der Waals surface area (Å²) < 4.78 is 28.0. The number of nitrogens with one attached hydrogen (secondary N) is 1. The molecule has 6 nitrogen and oxygen atoms in total. The van der Waals surface area contributed by atoms with Crippen LogP contribution in [-0.2, 0) is 16.6 Å². The molecule has 0 aliphatic carbocycles. The molecule has 2 heterocycles. The molecule has 0 unspecified atom stereocenters. The molecule has 1 aliphatic rings.